The quantitative estimate of drug-likeness (QED) is 0.730. The molecule has 90 valence electrons. The van der Waals surface area contributed by atoms with E-state index in [-0.39, 0.29) is 6.04 Å². The second-order valence-corrected chi connectivity index (χ2v) is 4.99. The molecule has 0 bridgehead atoms. The molecule has 0 aliphatic carbocycles. The average molecular weight is 303 g/mol. The molecule has 1 atom stereocenters. The smallest absolute Gasteiger partial charge is 0.108 e. The van der Waals surface area contributed by atoms with Gasteiger partial charge in [0.05, 0.1) is 23.4 Å². The van der Waals surface area contributed by atoms with Crippen molar-refractivity contribution in [3.8, 4) is 0 Å². The Hall–Kier alpha value is -1.75. The van der Waals surface area contributed by atoms with Crippen molar-refractivity contribution in [1.82, 2.24) is 19.7 Å². The largest absolute Gasteiger partial charge is 0.259 e. The van der Waals surface area contributed by atoms with Crippen LogP contribution in [0.2, 0.25) is 0 Å². The summed E-state index contributed by atoms with van der Waals surface area (Å²) in [4.78, 5) is 8.70. The third kappa shape index (κ3) is 1.90. The van der Waals surface area contributed by atoms with Gasteiger partial charge in [-0.2, -0.15) is 5.10 Å². The molecule has 3 aromatic heterocycles. The van der Waals surface area contributed by atoms with Crippen molar-refractivity contribution in [2.24, 2.45) is 0 Å². The molecule has 3 heterocycles. The van der Waals surface area contributed by atoms with Crippen molar-refractivity contribution in [3.05, 3.63) is 53.0 Å². The van der Waals surface area contributed by atoms with Gasteiger partial charge in [-0.05, 0) is 41.1 Å². The lowest BCUT2D eigenvalue weighted by Crippen LogP contribution is -2.09. The minimum atomic E-state index is 0.0831. The molecule has 3 rings (SSSR count). The maximum absolute atomic E-state index is 4.41. The highest BCUT2D eigenvalue weighted by Gasteiger charge is 2.13. The lowest BCUT2D eigenvalue weighted by molar-refractivity contribution is 0.570. The Bertz CT molecular complexity index is 678. The summed E-state index contributed by atoms with van der Waals surface area (Å²) >= 11 is 3.44. The monoisotopic (exact) mass is 302 g/mol. The van der Waals surface area contributed by atoms with Crippen LogP contribution in [-0.2, 0) is 0 Å². The first kappa shape index (κ1) is 11.3. The molecular formula is C13H11BrN4. The molecule has 3 aromatic rings. The van der Waals surface area contributed by atoms with Crippen LogP contribution in [0.1, 0.15) is 18.7 Å². The van der Waals surface area contributed by atoms with E-state index < -0.39 is 0 Å². The standard InChI is InChI=1S/C13H11BrN4/c1-9(11-4-2-3-5-15-11)18-13-6-10(14)7-16-12(13)8-17-18/h2-9H,1H3. The van der Waals surface area contributed by atoms with Gasteiger partial charge in [0.25, 0.3) is 0 Å². The third-order valence-corrected chi connectivity index (χ3v) is 3.33. The van der Waals surface area contributed by atoms with Crippen LogP contribution in [0.4, 0.5) is 0 Å². The fourth-order valence-electron chi connectivity index (χ4n) is 1.96. The fraction of sp³-hybridized carbons (Fsp3) is 0.154. The minimum absolute atomic E-state index is 0.0831. The summed E-state index contributed by atoms with van der Waals surface area (Å²) in [5.41, 5.74) is 2.88. The molecule has 0 aliphatic rings. The number of hydrogen-bond donors (Lipinski definition) is 0. The van der Waals surface area contributed by atoms with Gasteiger partial charge in [-0.1, -0.05) is 6.07 Å². The lowest BCUT2D eigenvalue weighted by atomic mass is 10.2. The molecule has 18 heavy (non-hydrogen) atoms. The first-order valence-electron chi connectivity index (χ1n) is 5.65. The molecule has 0 aromatic carbocycles. The Morgan fingerprint density at radius 3 is 2.89 bits per heavy atom. The molecule has 5 heteroatoms. The van der Waals surface area contributed by atoms with E-state index >= 15 is 0 Å². The van der Waals surface area contributed by atoms with E-state index in [0.29, 0.717) is 0 Å². The molecule has 0 aliphatic heterocycles. The molecule has 0 amide bonds. The maximum Gasteiger partial charge on any atom is 0.108 e. The number of halogens is 1. The lowest BCUT2D eigenvalue weighted by Gasteiger charge is -2.12. The van der Waals surface area contributed by atoms with E-state index in [4.69, 9.17) is 0 Å². The van der Waals surface area contributed by atoms with Crippen LogP contribution in [0, 0.1) is 0 Å². The summed E-state index contributed by atoms with van der Waals surface area (Å²) in [7, 11) is 0. The molecule has 0 fully saturated rings. The highest BCUT2D eigenvalue weighted by molar-refractivity contribution is 9.10. The predicted molar refractivity (Wildman–Crippen MR) is 73.3 cm³/mol. The van der Waals surface area contributed by atoms with E-state index in [2.05, 4.69) is 37.9 Å². The van der Waals surface area contributed by atoms with Gasteiger partial charge in [0.15, 0.2) is 0 Å². The summed E-state index contributed by atoms with van der Waals surface area (Å²) < 4.78 is 2.89. The normalized spacial score (nSPS) is 12.8. The van der Waals surface area contributed by atoms with Crippen molar-refractivity contribution in [3.63, 3.8) is 0 Å². The zero-order chi connectivity index (χ0) is 12.5. The predicted octanol–water partition coefficient (Wildman–Crippen LogP) is 3.20. The maximum atomic E-state index is 4.41. The number of aromatic nitrogens is 4. The van der Waals surface area contributed by atoms with Crippen LogP contribution in [0.25, 0.3) is 11.0 Å². The Kier molecular flexibility index (Phi) is 2.83. The highest BCUT2D eigenvalue weighted by atomic mass is 79.9. The second kappa shape index (κ2) is 4.49. The average Bonchev–Trinajstić information content (AvgIpc) is 2.82. The Balaban J connectivity index is 2.12. The van der Waals surface area contributed by atoms with Crippen molar-refractivity contribution >= 4 is 27.0 Å². The third-order valence-electron chi connectivity index (χ3n) is 2.90. The van der Waals surface area contributed by atoms with Gasteiger partial charge in [0.1, 0.15) is 5.52 Å². The number of pyridine rings is 2. The van der Waals surface area contributed by atoms with E-state index in [1.54, 1.807) is 18.6 Å². The Morgan fingerprint density at radius 1 is 1.22 bits per heavy atom. The van der Waals surface area contributed by atoms with Gasteiger partial charge in [-0.25, -0.2) is 0 Å². The Labute approximate surface area is 113 Å². The molecule has 0 saturated heterocycles. The van der Waals surface area contributed by atoms with E-state index in [9.17, 15) is 0 Å². The van der Waals surface area contributed by atoms with Crippen LogP contribution in [0.15, 0.2) is 47.3 Å². The molecule has 0 saturated carbocycles. The van der Waals surface area contributed by atoms with Crippen molar-refractivity contribution in [2.45, 2.75) is 13.0 Å². The molecule has 1 unspecified atom stereocenters. The van der Waals surface area contributed by atoms with E-state index in [0.717, 1.165) is 21.2 Å². The van der Waals surface area contributed by atoms with Crippen molar-refractivity contribution in [1.29, 1.82) is 0 Å². The number of hydrogen-bond acceptors (Lipinski definition) is 3. The second-order valence-electron chi connectivity index (χ2n) is 4.08. The molecule has 0 N–H and O–H groups in total. The first-order chi connectivity index (χ1) is 8.75. The molecular weight excluding hydrogens is 292 g/mol. The number of fused-ring (bicyclic) bond motifs is 1. The summed E-state index contributed by atoms with van der Waals surface area (Å²) in [6.07, 6.45) is 5.35. The molecule has 4 nitrogen and oxygen atoms in total. The fourth-order valence-corrected chi connectivity index (χ4v) is 2.28. The summed E-state index contributed by atoms with van der Waals surface area (Å²) in [5, 5.41) is 4.41. The van der Waals surface area contributed by atoms with Crippen LogP contribution in [0.5, 0.6) is 0 Å². The summed E-state index contributed by atoms with van der Waals surface area (Å²) in [5.74, 6) is 0. The van der Waals surface area contributed by atoms with Gasteiger partial charge >= 0.3 is 0 Å². The van der Waals surface area contributed by atoms with E-state index in [1.165, 1.54) is 0 Å². The zero-order valence-electron chi connectivity index (χ0n) is 9.79. The van der Waals surface area contributed by atoms with Crippen molar-refractivity contribution in [2.75, 3.05) is 0 Å². The van der Waals surface area contributed by atoms with Crippen LogP contribution in [0.3, 0.4) is 0 Å². The number of nitrogens with zero attached hydrogens (tertiary/aromatic N) is 4. The van der Waals surface area contributed by atoms with Crippen LogP contribution in [-0.4, -0.2) is 19.7 Å². The van der Waals surface area contributed by atoms with Crippen molar-refractivity contribution < 1.29 is 0 Å². The minimum Gasteiger partial charge on any atom is -0.259 e. The van der Waals surface area contributed by atoms with Gasteiger partial charge < -0.3 is 0 Å². The SMILES string of the molecule is CC(c1ccccn1)n1ncc2ncc(Br)cc21. The van der Waals surface area contributed by atoms with Gasteiger partial charge in [0.2, 0.25) is 0 Å². The summed E-state index contributed by atoms with van der Waals surface area (Å²) in [6, 6.07) is 8.01. The van der Waals surface area contributed by atoms with Gasteiger partial charge in [-0.3, -0.25) is 14.6 Å². The Morgan fingerprint density at radius 2 is 2.11 bits per heavy atom. The van der Waals surface area contributed by atoms with Crippen LogP contribution < -0.4 is 0 Å². The summed E-state index contributed by atoms with van der Waals surface area (Å²) in [6.45, 7) is 2.08. The first-order valence-corrected chi connectivity index (χ1v) is 6.44. The van der Waals surface area contributed by atoms with Gasteiger partial charge in [-0.15, -0.1) is 0 Å². The molecule has 0 radical (unpaired) electrons. The highest BCUT2D eigenvalue weighted by Crippen LogP contribution is 2.22. The van der Waals surface area contributed by atoms with Crippen LogP contribution >= 0.6 is 15.9 Å². The van der Waals surface area contributed by atoms with E-state index in [1.807, 2.05) is 28.9 Å². The zero-order valence-corrected chi connectivity index (χ0v) is 11.4. The van der Waals surface area contributed by atoms with Gasteiger partial charge in [0, 0.05) is 16.9 Å². The topological polar surface area (TPSA) is 43.6 Å². The number of rotatable bonds is 2. The molecule has 0 spiro atoms.